The Morgan fingerprint density at radius 1 is 1.43 bits per heavy atom. The lowest BCUT2D eigenvalue weighted by Crippen LogP contribution is -1.75. The first-order valence-electron chi connectivity index (χ1n) is 4.31. The van der Waals surface area contributed by atoms with E-state index in [1.54, 1.807) is 11.3 Å². The van der Waals surface area contributed by atoms with Gasteiger partial charge in [-0.05, 0) is 25.1 Å². The molecule has 2 nitrogen and oxygen atoms in total. The number of hydrogen-bond acceptors (Lipinski definition) is 3. The molecule has 2 heterocycles. The third kappa shape index (κ3) is 1.07. The number of rotatable bonds is 0. The number of aryl methyl sites for hydroxylation is 1. The molecule has 0 radical (unpaired) electrons. The van der Waals surface area contributed by atoms with Crippen molar-refractivity contribution in [1.29, 1.82) is 0 Å². The quantitative estimate of drug-likeness (QED) is 0.576. The fraction of sp³-hybridized carbons (Fsp3) is 0.100. The van der Waals surface area contributed by atoms with Gasteiger partial charge in [-0.1, -0.05) is 11.3 Å². The third-order valence-electron chi connectivity index (χ3n) is 2.20. The Bertz CT molecular complexity index is 618. The minimum absolute atomic E-state index is 0.999. The van der Waals surface area contributed by atoms with Crippen LogP contribution in [0.3, 0.4) is 0 Å². The highest BCUT2D eigenvalue weighted by molar-refractivity contribution is 7.80. The Morgan fingerprint density at radius 2 is 2.29 bits per heavy atom. The predicted octanol–water partition coefficient (Wildman–Crippen LogP) is 3.15. The lowest BCUT2D eigenvalue weighted by molar-refractivity contribution is 1.27. The molecule has 0 aliphatic rings. The number of thiol groups is 1. The molecule has 0 fully saturated rings. The number of aromatic nitrogens is 2. The molecular weight excluding hydrogens is 212 g/mol. The minimum Gasteiger partial charge on any atom is -0.290 e. The summed E-state index contributed by atoms with van der Waals surface area (Å²) in [7, 11) is 0. The third-order valence-corrected chi connectivity index (χ3v) is 3.49. The molecular formula is C10H8N2S2. The van der Waals surface area contributed by atoms with Crippen molar-refractivity contribution in [2.24, 2.45) is 0 Å². The van der Waals surface area contributed by atoms with Gasteiger partial charge in [0.25, 0.3) is 0 Å². The van der Waals surface area contributed by atoms with Crippen LogP contribution in [0.5, 0.6) is 0 Å². The van der Waals surface area contributed by atoms with Crippen molar-refractivity contribution >= 4 is 39.1 Å². The second-order valence-electron chi connectivity index (χ2n) is 3.29. The minimum atomic E-state index is 0.999. The first kappa shape index (κ1) is 8.32. The van der Waals surface area contributed by atoms with E-state index < -0.39 is 0 Å². The van der Waals surface area contributed by atoms with Crippen LogP contribution in [0.4, 0.5) is 0 Å². The largest absolute Gasteiger partial charge is 0.290 e. The number of thiazole rings is 1. The van der Waals surface area contributed by atoms with Crippen LogP contribution in [0.1, 0.15) is 5.69 Å². The van der Waals surface area contributed by atoms with E-state index in [-0.39, 0.29) is 0 Å². The number of imidazole rings is 1. The number of nitrogens with zero attached hydrogens (tertiary/aromatic N) is 2. The van der Waals surface area contributed by atoms with Crippen molar-refractivity contribution in [3.8, 4) is 0 Å². The molecule has 0 bridgehead atoms. The van der Waals surface area contributed by atoms with E-state index >= 15 is 0 Å². The molecule has 0 aliphatic carbocycles. The van der Waals surface area contributed by atoms with Gasteiger partial charge in [0, 0.05) is 11.1 Å². The van der Waals surface area contributed by atoms with Gasteiger partial charge in [0.2, 0.25) is 0 Å². The van der Waals surface area contributed by atoms with Gasteiger partial charge in [-0.2, -0.15) is 0 Å². The van der Waals surface area contributed by atoms with Crippen molar-refractivity contribution < 1.29 is 0 Å². The van der Waals surface area contributed by atoms with Crippen LogP contribution < -0.4 is 0 Å². The van der Waals surface area contributed by atoms with E-state index in [4.69, 9.17) is 0 Å². The molecule has 3 rings (SSSR count). The molecule has 0 aliphatic heterocycles. The Hall–Kier alpha value is -1.00. The molecule has 0 saturated carbocycles. The molecule has 0 saturated heterocycles. The Kier molecular flexibility index (Phi) is 1.63. The lowest BCUT2D eigenvalue weighted by atomic mass is 10.3. The number of hydrogen-bond donors (Lipinski definition) is 1. The summed E-state index contributed by atoms with van der Waals surface area (Å²) in [6, 6.07) is 6.17. The maximum absolute atomic E-state index is 4.44. The van der Waals surface area contributed by atoms with Gasteiger partial charge in [0.15, 0.2) is 4.96 Å². The fourth-order valence-electron chi connectivity index (χ4n) is 1.60. The summed E-state index contributed by atoms with van der Waals surface area (Å²) in [4.78, 5) is 6.49. The van der Waals surface area contributed by atoms with Gasteiger partial charge < -0.3 is 0 Å². The average Bonchev–Trinajstić information content (AvgIpc) is 2.59. The topological polar surface area (TPSA) is 17.3 Å². The molecule has 0 unspecified atom stereocenters. The molecule has 0 atom stereocenters. The zero-order chi connectivity index (χ0) is 9.71. The predicted molar refractivity (Wildman–Crippen MR) is 62.6 cm³/mol. The van der Waals surface area contributed by atoms with E-state index in [0.717, 1.165) is 15.6 Å². The number of benzene rings is 1. The van der Waals surface area contributed by atoms with E-state index in [1.165, 1.54) is 10.2 Å². The van der Waals surface area contributed by atoms with E-state index in [2.05, 4.69) is 40.3 Å². The average molecular weight is 220 g/mol. The Labute approximate surface area is 90.6 Å². The Morgan fingerprint density at radius 3 is 3.14 bits per heavy atom. The molecule has 70 valence electrons. The van der Waals surface area contributed by atoms with Crippen LogP contribution in [0.25, 0.3) is 15.2 Å². The van der Waals surface area contributed by atoms with Gasteiger partial charge in [-0.3, -0.25) is 4.40 Å². The first-order valence-corrected chi connectivity index (χ1v) is 5.57. The maximum atomic E-state index is 4.44. The summed E-state index contributed by atoms with van der Waals surface area (Å²) in [6.45, 7) is 2.01. The van der Waals surface area contributed by atoms with Gasteiger partial charge in [-0.25, -0.2) is 4.98 Å². The van der Waals surface area contributed by atoms with Crippen LogP contribution in [0, 0.1) is 6.92 Å². The summed E-state index contributed by atoms with van der Waals surface area (Å²) >= 11 is 6.02. The summed E-state index contributed by atoms with van der Waals surface area (Å²) in [5.74, 6) is 0. The number of fused-ring (bicyclic) bond motifs is 3. The van der Waals surface area contributed by atoms with E-state index in [9.17, 15) is 0 Å². The second kappa shape index (κ2) is 2.74. The molecule has 0 N–H and O–H groups in total. The molecule has 3 aromatic rings. The second-order valence-corrected chi connectivity index (χ2v) is 4.81. The normalized spacial score (nSPS) is 11.6. The van der Waals surface area contributed by atoms with Crippen molar-refractivity contribution in [1.82, 2.24) is 9.38 Å². The summed E-state index contributed by atoms with van der Waals surface area (Å²) in [5.41, 5.74) is 2.27. The fourth-order valence-corrected chi connectivity index (χ4v) is 2.99. The monoisotopic (exact) mass is 220 g/mol. The standard InChI is InChI=1S/C10H8N2S2/c1-6-5-12-8-3-2-7(13)4-9(8)14-10(12)11-6/h2-5,13H,1H3. The zero-order valence-corrected chi connectivity index (χ0v) is 9.27. The van der Waals surface area contributed by atoms with Crippen molar-refractivity contribution in [2.45, 2.75) is 11.8 Å². The van der Waals surface area contributed by atoms with Crippen molar-refractivity contribution in [2.75, 3.05) is 0 Å². The van der Waals surface area contributed by atoms with Crippen molar-refractivity contribution in [3.63, 3.8) is 0 Å². The first-order chi connectivity index (χ1) is 6.74. The smallest absolute Gasteiger partial charge is 0.194 e. The maximum Gasteiger partial charge on any atom is 0.194 e. The van der Waals surface area contributed by atoms with Crippen LogP contribution in [0.2, 0.25) is 0 Å². The molecule has 0 amide bonds. The Balaban J connectivity index is 2.52. The molecule has 4 heteroatoms. The molecule has 1 aromatic carbocycles. The van der Waals surface area contributed by atoms with Crippen molar-refractivity contribution in [3.05, 3.63) is 30.1 Å². The van der Waals surface area contributed by atoms with E-state index in [1.807, 2.05) is 13.0 Å². The zero-order valence-electron chi connectivity index (χ0n) is 7.56. The molecule has 2 aromatic heterocycles. The van der Waals surface area contributed by atoms with Gasteiger partial charge in [-0.15, -0.1) is 12.6 Å². The lowest BCUT2D eigenvalue weighted by Gasteiger charge is -1.91. The highest BCUT2D eigenvalue weighted by atomic mass is 32.1. The van der Waals surface area contributed by atoms with Crippen LogP contribution in [0.15, 0.2) is 29.3 Å². The van der Waals surface area contributed by atoms with E-state index in [0.29, 0.717) is 0 Å². The summed E-state index contributed by atoms with van der Waals surface area (Å²) in [6.07, 6.45) is 2.06. The molecule has 14 heavy (non-hydrogen) atoms. The highest BCUT2D eigenvalue weighted by Crippen LogP contribution is 2.27. The summed E-state index contributed by atoms with van der Waals surface area (Å²) < 4.78 is 3.36. The summed E-state index contributed by atoms with van der Waals surface area (Å²) in [5, 5.41) is 0. The van der Waals surface area contributed by atoms with Crippen LogP contribution in [-0.4, -0.2) is 9.38 Å². The highest BCUT2D eigenvalue weighted by Gasteiger charge is 2.06. The van der Waals surface area contributed by atoms with Crippen LogP contribution >= 0.6 is 24.0 Å². The van der Waals surface area contributed by atoms with Crippen LogP contribution in [-0.2, 0) is 0 Å². The SMILES string of the molecule is Cc1cn2c(n1)sc1cc(S)ccc12. The van der Waals surface area contributed by atoms with Gasteiger partial charge in [0.1, 0.15) is 0 Å². The van der Waals surface area contributed by atoms with Gasteiger partial charge >= 0.3 is 0 Å². The van der Waals surface area contributed by atoms with Gasteiger partial charge in [0.05, 0.1) is 15.9 Å². The molecule has 0 spiro atoms.